The molecule has 0 aliphatic heterocycles. The van der Waals surface area contributed by atoms with Gasteiger partial charge in [-0.3, -0.25) is 9.59 Å². The van der Waals surface area contributed by atoms with Gasteiger partial charge in [-0.15, -0.1) is 0 Å². The maximum atomic E-state index is 12.1. The Morgan fingerprint density at radius 1 is 1.13 bits per heavy atom. The molecule has 0 aliphatic carbocycles. The summed E-state index contributed by atoms with van der Waals surface area (Å²) in [5.74, 6) is 0.838. The molecule has 1 aromatic rings. The van der Waals surface area contributed by atoms with Gasteiger partial charge in [0.1, 0.15) is 6.04 Å². The molecule has 0 bridgehead atoms. The maximum Gasteiger partial charge on any atom is 0.242 e. The molecule has 23 heavy (non-hydrogen) atoms. The standard InChI is InChI=1S/C17H26N2O4/c1-11(19-16(21)17(2,3)4)15(20)18-10-12-7-8-13(22-5)14(9-12)23-6/h7-9,11H,10H2,1-6H3,(H,18,20)(H,19,21)/t11-/m1/s1. The van der Waals surface area contributed by atoms with E-state index in [0.717, 1.165) is 5.56 Å². The van der Waals surface area contributed by atoms with Gasteiger partial charge < -0.3 is 20.1 Å². The van der Waals surface area contributed by atoms with Gasteiger partial charge in [-0.05, 0) is 24.6 Å². The average molecular weight is 322 g/mol. The highest BCUT2D eigenvalue weighted by Crippen LogP contribution is 2.27. The van der Waals surface area contributed by atoms with Crippen LogP contribution in [0.15, 0.2) is 18.2 Å². The highest BCUT2D eigenvalue weighted by atomic mass is 16.5. The Labute approximate surface area is 137 Å². The maximum absolute atomic E-state index is 12.1. The van der Waals surface area contributed by atoms with Crippen LogP contribution in [0, 0.1) is 5.41 Å². The summed E-state index contributed by atoms with van der Waals surface area (Å²) >= 11 is 0. The second-order valence-corrected chi connectivity index (χ2v) is 6.35. The highest BCUT2D eigenvalue weighted by molar-refractivity contribution is 5.89. The summed E-state index contributed by atoms with van der Waals surface area (Å²) in [6, 6.07) is 4.84. The van der Waals surface area contributed by atoms with Gasteiger partial charge in [-0.1, -0.05) is 26.8 Å². The zero-order valence-corrected chi connectivity index (χ0v) is 14.6. The number of methoxy groups -OCH3 is 2. The van der Waals surface area contributed by atoms with Crippen molar-refractivity contribution in [1.29, 1.82) is 0 Å². The fourth-order valence-corrected chi connectivity index (χ4v) is 1.81. The summed E-state index contributed by atoms with van der Waals surface area (Å²) in [7, 11) is 3.13. The first-order valence-corrected chi connectivity index (χ1v) is 7.48. The van der Waals surface area contributed by atoms with Crippen molar-refractivity contribution in [2.24, 2.45) is 5.41 Å². The molecule has 0 heterocycles. The molecule has 128 valence electrons. The van der Waals surface area contributed by atoms with E-state index in [1.807, 2.05) is 6.07 Å². The molecule has 0 radical (unpaired) electrons. The normalized spacial score (nSPS) is 12.3. The summed E-state index contributed by atoms with van der Waals surface area (Å²) in [6.07, 6.45) is 0. The number of rotatable bonds is 6. The molecule has 0 spiro atoms. The van der Waals surface area contributed by atoms with Crippen molar-refractivity contribution in [1.82, 2.24) is 10.6 Å². The Morgan fingerprint density at radius 2 is 1.74 bits per heavy atom. The molecule has 2 N–H and O–H groups in total. The number of hydrogen-bond acceptors (Lipinski definition) is 4. The SMILES string of the molecule is COc1ccc(CNC(=O)[C@@H](C)NC(=O)C(C)(C)C)cc1OC. The van der Waals surface area contributed by atoms with Crippen molar-refractivity contribution in [3.05, 3.63) is 23.8 Å². The van der Waals surface area contributed by atoms with Crippen LogP contribution < -0.4 is 20.1 Å². The number of benzene rings is 1. The molecule has 2 amide bonds. The van der Waals surface area contributed by atoms with E-state index in [-0.39, 0.29) is 11.8 Å². The van der Waals surface area contributed by atoms with Gasteiger partial charge in [0.15, 0.2) is 11.5 Å². The molecule has 1 aromatic carbocycles. The zero-order chi connectivity index (χ0) is 17.6. The van der Waals surface area contributed by atoms with Crippen molar-refractivity contribution >= 4 is 11.8 Å². The number of ether oxygens (including phenoxy) is 2. The summed E-state index contributed by atoms with van der Waals surface area (Å²) < 4.78 is 10.4. The summed E-state index contributed by atoms with van der Waals surface area (Å²) in [4.78, 5) is 24.0. The Bertz CT molecular complexity index is 564. The average Bonchev–Trinajstić information content (AvgIpc) is 2.50. The molecule has 1 atom stereocenters. The molecule has 1 rings (SSSR count). The molecule has 6 heteroatoms. The molecule has 0 saturated carbocycles. The summed E-state index contributed by atoms with van der Waals surface area (Å²) in [6.45, 7) is 7.41. The van der Waals surface area contributed by atoms with Gasteiger partial charge in [0.2, 0.25) is 11.8 Å². The first-order valence-electron chi connectivity index (χ1n) is 7.48. The lowest BCUT2D eigenvalue weighted by Crippen LogP contribution is -2.48. The van der Waals surface area contributed by atoms with Crippen molar-refractivity contribution in [2.45, 2.75) is 40.3 Å². The Kier molecular flexibility index (Phi) is 6.42. The van der Waals surface area contributed by atoms with E-state index >= 15 is 0 Å². The smallest absolute Gasteiger partial charge is 0.242 e. The van der Waals surface area contributed by atoms with E-state index in [1.54, 1.807) is 54.0 Å². The van der Waals surface area contributed by atoms with Crippen molar-refractivity contribution in [3.63, 3.8) is 0 Å². The molecule has 0 fully saturated rings. The van der Waals surface area contributed by atoms with Gasteiger partial charge in [0.25, 0.3) is 0 Å². The number of carbonyl (C=O) groups is 2. The van der Waals surface area contributed by atoms with E-state index in [4.69, 9.17) is 9.47 Å². The van der Waals surface area contributed by atoms with Crippen LogP contribution in [-0.2, 0) is 16.1 Å². The Hall–Kier alpha value is -2.24. The van der Waals surface area contributed by atoms with E-state index in [9.17, 15) is 9.59 Å². The molecule has 6 nitrogen and oxygen atoms in total. The van der Waals surface area contributed by atoms with Crippen LogP contribution in [0.3, 0.4) is 0 Å². The predicted molar refractivity (Wildman–Crippen MR) is 88.5 cm³/mol. The molecule has 0 saturated heterocycles. The fourth-order valence-electron chi connectivity index (χ4n) is 1.81. The van der Waals surface area contributed by atoms with Gasteiger partial charge in [-0.2, -0.15) is 0 Å². The largest absolute Gasteiger partial charge is 0.493 e. The van der Waals surface area contributed by atoms with Crippen LogP contribution >= 0.6 is 0 Å². The molecule has 0 unspecified atom stereocenters. The van der Waals surface area contributed by atoms with Gasteiger partial charge in [0.05, 0.1) is 14.2 Å². The summed E-state index contributed by atoms with van der Waals surface area (Å²) in [5, 5.41) is 5.50. The van der Waals surface area contributed by atoms with Crippen LogP contribution in [0.25, 0.3) is 0 Å². The Balaban J connectivity index is 2.60. The van der Waals surface area contributed by atoms with Crippen LogP contribution in [0.4, 0.5) is 0 Å². The minimum atomic E-state index is -0.595. The molecular formula is C17H26N2O4. The van der Waals surface area contributed by atoms with Gasteiger partial charge in [-0.25, -0.2) is 0 Å². The number of carbonyl (C=O) groups excluding carboxylic acids is 2. The predicted octanol–water partition coefficient (Wildman–Crippen LogP) is 1.87. The third-order valence-corrected chi connectivity index (χ3v) is 3.34. The van der Waals surface area contributed by atoms with Crippen molar-refractivity contribution < 1.29 is 19.1 Å². The van der Waals surface area contributed by atoms with E-state index < -0.39 is 11.5 Å². The molecule has 0 aromatic heterocycles. The Morgan fingerprint density at radius 3 is 2.26 bits per heavy atom. The number of amides is 2. The highest BCUT2D eigenvalue weighted by Gasteiger charge is 2.24. The van der Waals surface area contributed by atoms with Crippen LogP contribution in [0.1, 0.15) is 33.3 Å². The number of nitrogens with one attached hydrogen (secondary N) is 2. The topological polar surface area (TPSA) is 76.7 Å². The minimum Gasteiger partial charge on any atom is -0.493 e. The monoisotopic (exact) mass is 322 g/mol. The minimum absolute atomic E-state index is 0.161. The van der Waals surface area contributed by atoms with Gasteiger partial charge >= 0.3 is 0 Å². The number of hydrogen-bond donors (Lipinski definition) is 2. The molecule has 0 aliphatic rings. The quantitative estimate of drug-likeness (QED) is 0.838. The molecular weight excluding hydrogens is 296 g/mol. The first kappa shape index (κ1) is 18.8. The first-order chi connectivity index (χ1) is 10.7. The summed E-state index contributed by atoms with van der Waals surface area (Å²) in [5.41, 5.74) is 0.350. The fraction of sp³-hybridized carbons (Fsp3) is 0.529. The van der Waals surface area contributed by atoms with Crippen molar-refractivity contribution in [2.75, 3.05) is 14.2 Å². The van der Waals surface area contributed by atoms with Gasteiger partial charge in [0, 0.05) is 12.0 Å². The third kappa shape index (κ3) is 5.47. The third-order valence-electron chi connectivity index (χ3n) is 3.34. The van der Waals surface area contributed by atoms with E-state index in [1.165, 1.54) is 0 Å². The van der Waals surface area contributed by atoms with Crippen LogP contribution in [-0.4, -0.2) is 32.1 Å². The zero-order valence-electron chi connectivity index (χ0n) is 14.6. The second kappa shape index (κ2) is 7.85. The van der Waals surface area contributed by atoms with Crippen LogP contribution in [0.2, 0.25) is 0 Å². The van der Waals surface area contributed by atoms with Crippen molar-refractivity contribution in [3.8, 4) is 11.5 Å². The lowest BCUT2D eigenvalue weighted by molar-refractivity contribution is -0.133. The van der Waals surface area contributed by atoms with E-state index in [2.05, 4.69) is 10.6 Å². The lowest BCUT2D eigenvalue weighted by Gasteiger charge is -2.21. The second-order valence-electron chi connectivity index (χ2n) is 6.35. The van der Waals surface area contributed by atoms with Crippen LogP contribution in [0.5, 0.6) is 11.5 Å². The van der Waals surface area contributed by atoms with E-state index in [0.29, 0.717) is 18.0 Å². The lowest BCUT2D eigenvalue weighted by atomic mass is 9.95.